The minimum atomic E-state index is -1.28. The number of carbonyl (C=O) groups is 2. The highest BCUT2D eigenvalue weighted by atomic mass is 35.5. The van der Waals surface area contributed by atoms with Crippen molar-refractivity contribution in [3.63, 3.8) is 0 Å². The third-order valence-electron chi connectivity index (χ3n) is 14.3. The second kappa shape index (κ2) is 27.8. The molecule has 0 bridgehead atoms. The fourth-order valence-electron chi connectivity index (χ4n) is 9.90. The van der Waals surface area contributed by atoms with E-state index in [4.69, 9.17) is 45.1 Å². The van der Waals surface area contributed by atoms with Crippen molar-refractivity contribution in [3.05, 3.63) is 283 Å². The number of para-hydroxylation sites is 2. The topological polar surface area (TPSA) is 267 Å². The SMILES string of the molecule is CCn1c(O)c(C=Nc2ccccc2)oc1=S.Cc1ccc(Cc2nc(N)c3ccccc3n2)cc1Cl.Cc1cccc(C(=C2C=CC(=N)C=C2)c2cccc(N)c2)c1.O=C(O)c1cc2ccccc2c(Cc2c(O)c(C(=O)O)cc3ccccc23)c1O. The summed E-state index contributed by atoms with van der Waals surface area (Å²) in [5.41, 5.74) is 22.8. The van der Waals surface area contributed by atoms with Crippen molar-refractivity contribution in [1.82, 2.24) is 14.5 Å². The molecule has 0 amide bonds. The smallest absolute Gasteiger partial charge is 0.339 e. The molecule has 10 N–H and O–H groups in total. The highest BCUT2D eigenvalue weighted by molar-refractivity contribution is 7.71. The number of aromatic carboxylic acids is 2. The lowest BCUT2D eigenvalue weighted by Gasteiger charge is -2.16. The molecule has 440 valence electrons. The summed E-state index contributed by atoms with van der Waals surface area (Å²) in [6.45, 7) is 6.51. The number of aromatic hydroxyl groups is 3. The second-order valence-corrected chi connectivity index (χ2v) is 21.1. The Bertz CT molecular complexity index is 4500. The zero-order valence-electron chi connectivity index (χ0n) is 48.0. The van der Waals surface area contributed by atoms with Gasteiger partial charge >= 0.3 is 11.9 Å². The highest BCUT2D eigenvalue weighted by Gasteiger charge is 2.23. The molecule has 1 aliphatic carbocycles. The zero-order valence-corrected chi connectivity index (χ0v) is 49.6. The van der Waals surface area contributed by atoms with Gasteiger partial charge in [0.15, 0.2) is 0 Å². The van der Waals surface area contributed by atoms with Crippen molar-refractivity contribution in [2.45, 2.75) is 40.2 Å². The number of benzene rings is 9. The molecule has 0 saturated carbocycles. The molecule has 11 aromatic rings. The van der Waals surface area contributed by atoms with Crippen LogP contribution in [0.3, 0.4) is 0 Å². The number of halogens is 1. The number of oxazole rings is 1. The van der Waals surface area contributed by atoms with E-state index < -0.39 is 23.4 Å². The van der Waals surface area contributed by atoms with Crippen LogP contribution < -0.4 is 11.5 Å². The number of rotatable bonds is 11. The van der Waals surface area contributed by atoms with E-state index in [1.165, 1.54) is 28.5 Å². The Balaban J connectivity index is 0.000000142. The molecular weight excluding hydrogens is 1150 g/mol. The average Bonchev–Trinajstić information content (AvgIpc) is 2.66. The van der Waals surface area contributed by atoms with Crippen LogP contribution in [0.15, 0.2) is 221 Å². The van der Waals surface area contributed by atoms with Crippen molar-refractivity contribution in [2.24, 2.45) is 4.99 Å². The fourth-order valence-corrected chi connectivity index (χ4v) is 10.4. The van der Waals surface area contributed by atoms with Crippen LogP contribution in [0.2, 0.25) is 5.02 Å². The Morgan fingerprint density at radius 3 is 1.80 bits per heavy atom. The number of carboxylic acids is 2. The molecule has 0 unspecified atom stereocenters. The van der Waals surface area contributed by atoms with E-state index in [0.29, 0.717) is 63.0 Å². The summed E-state index contributed by atoms with van der Waals surface area (Å²) < 4.78 is 6.74. The van der Waals surface area contributed by atoms with Gasteiger partial charge in [-0.25, -0.2) is 19.6 Å². The summed E-state index contributed by atoms with van der Waals surface area (Å²) in [6.07, 6.45) is 9.66. The summed E-state index contributed by atoms with van der Waals surface area (Å²) in [5, 5.41) is 61.9. The Labute approximate surface area is 517 Å². The molecule has 0 fully saturated rings. The molecule has 0 spiro atoms. The molecule has 0 atom stereocenters. The van der Waals surface area contributed by atoms with E-state index in [9.17, 15) is 35.1 Å². The molecule has 9 aromatic carbocycles. The third-order valence-corrected chi connectivity index (χ3v) is 15.0. The fraction of sp³-hybridized carbons (Fsp3) is 0.0845. The normalized spacial score (nSPS) is 11.6. The van der Waals surface area contributed by atoms with Gasteiger partial charge in [0.05, 0.1) is 23.1 Å². The molecule has 2 aromatic heterocycles. The van der Waals surface area contributed by atoms with Gasteiger partial charge in [-0.15, -0.1) is 0 Å². The van der Waals surface area contributed by atoms with Gasteiger partial charge in [0.1, 0.15) is 34.3 Å². The highest BCUT2D eigenvalue weighted by Crippen LogP contribution is 2.39. The molecule has 88 heavy (non-hydrogen) atoms. The Morgan fingerprint density at radius 2 is 1.23 bits per heavy atom. The summed E-state index contributed by atoms with van der Waals surface area (Å²) in [4.78, 5) is 36.6. The Morgan fingerprint density at radius 1 is 0.659 bits per heavy atom. The van der Waals surface area contributed by atoms with E-state index in [0.717, 1.165) is 60.7 Å². The number of nitrogens with two attached hydrogens (primary N) is 2. The molecule has 0 saturated heterocycles. The van der Waals surface area contributed by atoms with Crippen molar-refractivity contribution in [1.29, 1.82) is 5.41 Å². The van der Waals surface area contributed by atoms with Gasteiger partial charge < -0.3 is 46.8 Å². The minimum absolute atomic E-state index is 0.0113. The predicted molar refractivity (Wildman–Crippen MR) is 354 cm³/mol. The van der Waals surface area contributed by atoms with Crippen molar-refractivity contribution in [3.8, 4) is 17.4 Å². The number of nitrogens with one attached hydrogen (secondary N) is 1. The quantitative estimate of drug-likeness (QED) is 0.0341. The van der Waals surface area contributed by atoms with Gasteiger partial charge in [0.2, 0.25) is 11.6 Å². The number of aliphatic imine (C=N–C) groups is 1. The van der Waals surface area contributed by atoms with Crippen LogP contribution in [0.5, 0.6) is 17.4 Å². The first-order valence-electron chi connectivity index (χ1n) is 27.7. The number of aryl methyl sites for hydroxylation is 2. The second-order valence-electron chi connectivity index (χ2n) is 20.4. The first kappa shape index (κ1) is 61.6. The summed E-state index contributed by atoms with van der Waals surface area (Å²) in [5.74, 6) is -1.84. The Kier molecular flexibility index (Phi) is 19.5. The monoisotopic (exact) mass is 1210 g/mol. The lowest BCUT2D eigenvalue weighted by atomic mass is 9.90. The molecule has 15 nitrogen and oxygen atoms in total. The van der Waals surface area contributed by atoms with Gasteiger partial charge in [-0.2, -0.15) is 0 Å². The summed E-state index contributed by atoms with van der Waals surface area (Å²) in [7, 11) is 0. The van der Waals surface area contributed by atoms with Crippen LogP contribution in [0.4, 0.5) is 17.2 Å². The van der Waals surface area contributed by atoms with E-state index >= 15 is 0 Å². The number of fused-ring (bicyclic) bond motifs is 3. The van der Waals surface area contributed by atoms with Crippen LogP contribution in [0.25, 0.3) is 38.0 Å². The number of carboxylic acid groups (broad SMARTS) is 2. The molecule has 12 rings (SSSR count). The predicted octanol–water partition coefficient (Wildman–Crippen LogP) is 16.0. The number of phenols is 2. The summed E-state index contributed by atoms with van der Waals surface area (Å²) in [6, 6.07) is 56.3. The largest absolute Gasteiger partial charge is 0.507 e. The van der Waals surface area contributed by atoms with E-state index in [1.54, 1.807) is 48.5 Å². The summed E-state index contributed by atoms with van der Waals surface area (Å²) >= 11 is 11.1. The molecule has 2 heterocycles. The maximum atomic E-state index is 11.6. The van der Waals surface area contributed by atoms with E-state index in [-0.39, 0.29) is 34.0 Å². The van der Waals surface area contributed by atoms with Crippen LogP contribution >= 0.6 is 23.8 Å². The van der Waals surface area contributed by atoms with E-state index in [2.05, 4.69) is 52.2 Å². The van der Waals surface area contributed by atoms with Crippen LogP contribution in [0.1, 0.15) is 78.2 Å². The third kappa shape index (κ3) is 14.6. The van der Waals surface area contributed by atoms with Crippen LogP contribution in [-0.2, 0) is 19.4 Å². The lowest BCUT2D eigenvalue weighted by molar-refractivity contribution is 0.0682. The first-order chi connectivity index (χ1) is 42.4. The van der Waals surface area contributed by atoms with Crippen LogP contribution in [0, 0.1) is 24.1 Å². The number of aromatic nitrogens is 3. The number of anilines is 2. The van der Waals surface area contributed by atoms with E-state index in [1.807, 2.05) is 129 Å². The number of hydrogen-bond acceptors (Lipinski definition) is 13. The van der Waals surface area contributed by atoms with Gasteiger partial charge in [-0.1, -0.05) is 157 Å². The van der Waals surface area contributed by atoms with Gasteiger partial charge in [0.25, 0.3) is 4.84 Å². The molecule has 17 heteroatoms. The molecule has 0 radical (unpaired) electrons. The molecule has 1 aliphatic rings. The molecule has 0 aliphatic heterocycles. The average molecular weight is 1210 g/mol. The number of nitrogen functional groups attached to an aromatic ring is 2. The molecular formula is C71H60ClN7O8S. The van der Waals surface area contributed by atoms with Crippen LogP contribution in [-0.4, -0.2) is 63.9 Å². The van der Waals surface area contributed by atoms with Gasteiger partial charge in [-0.3, -0.25) is 9.56 Å². The lowest BCUT2D eigenvalue weighted by Crippen LogP contribution is -2.04. The Hall–Kier alpha value is -10.9. The standard InChI is InChI=1S/C23H16O6.C20H18N2.C16H14ClN3.C12H12N2O2S/c24-20-16(14-7-3-1-5-12(14)9-18(20)22(26)27)11-17-15-8-4-2-6-13(15)10-19(21(17)25)23(28)29;1-14-4-2-5-16(12-14)20(15-8-10-18(21)11-9-15)17-6-3-7-19(22)13-17;1-10-6-7-11(8-13(10)17)9-15-19-14-5-3-2-4-12(14)16(18)20-15;1-2-14-11(15)10(16-12(14)17)8-13-9-6-4-3-5-7-9/h1-10,24-25H,11H2,(H,26,27)(H,28,29);2-13,21H,22H2,1H3;2-8H,9H2,1H3,(H2,18,19,20);3-8,15H,2H2,1H3. The number of allylic oxidation sites excluding steroid dienone is 5. The maximum Gasteiger partial charge on any atom is 0.339 e. The van der Waals surface area contributed by atoms with Gasteiger partial charge in [-0.05, 0) is 155 Å². The van der Waals surface area contributed by atoms with Gasteiger partial charge in [0, 0.05) is 46.6 Å². The van der Waals surface area contributed by atoms with Crippen molar-refractivity contribution >= 4 is 103 Å². The number of hydrogen-bond donors (Lipinski definition) is 8. The zero-order chi connectivity index (χ0) is 62.6. The number of nitrogens with zero attached hydrogens (tertiary/aromatic N) is 4. The first-order valence-corrected chi connectivity index (χ1v) is 28.5. The van der Waals surface area contributed by atoms with Crippen molar-refractivity contribution < 1.29 is 39.5 Å². The van der Waals surface area contributed by atoms with Crippen molar-refractivity contribution in [2.75, 3.05) is 11.5 Å². The minimum Gasteiger partial charge on any atom is -0.507 e. The maximum absolute atomic E-state index is 11.6.